The van der Waals surface area contributed by atoms with E-state index in [4.69, 9.17) is 28.6 Å². The molecule has 0 aromatic heterocycles. The average Bonchev–Trinajstić information content (AvgIpc) is 2.40. The molecule has 7 heteroatoms. The Morgan fingerprint density at radius 3 is 2.75 bits per heavy atom. The summed E-state index contributed by atoms with van der Waals surface area (Å²) in [5, 5.41) is 2.65. The van der Waals surface area contributed by atoms with Gasteiger partial charge in [-0.15, -0.1) is 11.6 Å². The summed E-state index contributed by atoms with van der Waals surface area (Å²) in [6.07, 6.45) is 1.95. The Kier molecular flexibility index (Phi) is 5.27. The predicted molar refractivity (Wildman–Crippen MR) is 68.7 cm³/mol. The van der Waals surface area contributed by atoms with Crippen molar-refractivity contribution in [1.29, 1.82) is 0 Å². The minimum absolute atomic E-state index is 0.00377. The molecule has 1 aliphatic rings. The third-order valence-corrected chi connectivity index (χ3v) is 4.93. The van der Waals surface area contributed by atoms with Crippen LogP contribution in [0.5, 0.6) is 0 Å². The molecular weight excluding hydrogens is 270 g/mol. The van der Waals surface area contributed by atoms with E-state index in [9.17, 15) is 8.42 Å². The van der Waals surface area contributed by atoms with E-state index in [1.54, 1.807) is 0 Å². The Bertz CT molecular complexity index is 345. The highest BCUT2D eigenvalue weighted by Gasteiger charge is 2.36. The van der Waals surface area contributed by atoms with Gasteiger partial charge in [0.25, 0.3) is 5.17 Å². The quantitative estimate of drug-likeness (QED) is 0.476. The topological polar surface area (TPSA) is 55.4 Å². The van der Waals surface area contributed by atoms with Crippen LogP contribution >= 0.6 is 23.8 Å². The van der Waals surface area contributed by atoms with Crippen molar-refractivity contribution < 1.29 is 13.2 Å². The Morgan fingerprint density at radius 1 is 1.56 bits per heavy atom. The van der Waals surface area contributed by atoms with E-state index in [1.165, 1.54) is 0 Å². The molecule has 0 aromatic rings. The fraction of sp³-hybridized carbons (Fsp3) is 0.889. The first-order chi connectivity index (χ1) is 7.44. The maximum Gasteiger partial charge on any atom is 0.256 e. The standard InChI is InChI=1S/C9H16ClNO3S2/c1-2-3-4-14-9(15)11-8-6-16(12,13)5-7(8)10/h7-8H,2-6H2,1H3,(H,11,15)/t7-,8+/m1/s1. The molecule has 94 valence electrons. The summed E-state index contributed by atoms with van der Waals surface area (Å²) in [5.74, 6) is 0.0300. The van der Waals surface area contributed by atoms with E-state index in [0.29, 0.717) is 6.61 Å². The maximum absolute atomic E-state index is 11.3. The molecular formula is C9H16ClNO3S2. The van der Waals surface area contributed by atoms with Gasteiger partial charge in [0.2, 0.25) is 0 Å². The van der Waals surface area contributed by atoms with E-state index in [1.807, 2.05) is 0 Å². The molecule has 1 heterocycles. The number of alkyl halides is 1. The molecule has 0 bridgehead atoms. The van der Waals surface area contributed by atoms with Crippen molar-refractivity contribution in [3.05, 3.63) is 0 Å². The van der Waals surface area contributed by atoms with Crippen LogP contribution in [-0.2, 0) is 14.6 Å². The van der Waals surface area contributed by atoms with Gasteiger partial charge in [0.1, 0.15) is 0 Å². The zero-order valence-electron chi connectivity index (χ0n) is 9.11. The van der Waals surface area contributed by atoms with Gasteiger partial charge in [-0.1, -0.05) is 13.3 Å². The molecule has 0 spiro atoms. The average molecular weight is 286 g/mol. The van der Waals surface area contributed by atoms with Crippen LogP contribution in [0.1, 0.15) is 19.8 Å². The summed E-state index contributed by atoms with van der Waals surface area (Å²) in [5.41, 5.74) is 0. The van der Waals surface area contributed by atoms with Gasteiger partial charge in [-0.2, -0.15) is 0 Å². The van der Waals surface area contributed by atoms with Gasteiger partial charge in [0, 0.05) is 0 Å². The molecule has 0 aliphatic carbocycles. The Labute approximate surface area is 107 Å². The van der Waals surface area contributed by atoms with Crippen molar-refractivity contribution in [3.8, 4) is 0 Å². The largest absolute Gasteiger partial charge is 0.471 e. The van der Waals surface area contributed by atoms with Crippen LogP contribution in [0, 0.1) is 0 Å². The van der Waals surface area contributed by atoms with Crippen LogP contribution in [0.3, 0.4) is 0 Å². The molecule has 4 nitrogen and oxygen atoms in total. The summed E-state index contributed by atoms with van der Waals surface area (Å²) < 4.78 is 27.8. The highest BCUT2D eigenvalue weighted by Crippen LogP contribution is 2.18. The molecule has 0 radical (unpaired) electrons. The lowest BCUT2D eigenvalue weighted by Crippen LogP contribution is -2.40. The number of ether oxygens (including phenoxy) is 1. The first kappa shape index (κ1) is 14.0. The molecule has 0 amide bonds. The van der Waals surface area contributed by atoms with Crippen molar-refractivity contribution in [3.63, 3.8) is 0 Å². The van der Waals surface area contributed by atoms with Crippen molar-refractivity contribution in [2.75, 3.05) is 18.1 Å². The molecule has 1 fully saturated rings. The summed E-state index contributed by atoms with van der Waals surface area (Å²) in [7, 11) is -3.03. The lowest BCUT2D eigenvalue weighted by atomic mass is 10.3. The van der Waals surface area contributed by atoms with Crippen molar-refractivity contribution in [2.45, 2.75) is 31.2 Å². The zero-order valence-corrected chi connectivity index (χ0v) is 11.5. The van der Waals surface area contributed by atoms with Crippen LogP contribution in [0.15, 0.2) is 0 Å². The number of nitrogens with one attached hydrogen (secondary N) is 1. The highest BCUT2D eigenvalue weighted by molar-refractivity contribution is 7.91. The number of halogens is 1. The molecule has 2 atom stereocenters. The van der Waals surface area contributed by atoms with Crippen LogP contribution in [0.25, 0.3) is 0 Å². The fourth-order valence-electron chi connectivity index (χ4n) is 1.44. The number of hydrogen-bond acceptors (Lipinski definition) is 4. The van der Waals surface area contributed by atoms with Crippen molar-refractivity contribution in [2.24, 2.45) is 0 Å². The van der Waals surface area contributed by atoms with Crippen LogP contribution < -0.4 is 5.32 Å². The Balaban J connectivity index is 2.35. The predicted octanol–water partition coefficient (Wildman–Crippen LogP) is 1.08. The fourth-order valence-corrected chi connectivity index (χ4v) is 4.22. The third kappa shape index (κ3) is 4.43. The summed E-state index contributed by atoms with van der Waals surface area (Å²) >= 11 is 10.9. The lowest BCUT2D eigenvalue weighted by molar-refractivity contribution is 0.287. The van der Waals surface area contributed by atoms with Crippen LogP contribution in [0.4, 0.5) is 0 Å². The van der Waals surface area contributed by atoms with Crippen LogP contribution in [0.2, 0.25) is 0 Å². The van der Waals surface area contributed by atoms with E-state index in [2.05, 4.69) is 12.2 Å². The van der Waals surface area contributed by atoms with E-state index in [-0.39, 0.29) is 22.7 Å². The van der Waals surface area contributed by atoms with E-state index in [0.717, 1.165) is 12.8 Å². The Morgan fingerprint density at radius 2 is 2.25 bits per heavy atom. The SMILES string of the molecule is CCCCOC(=S)N[C@H]1CS(=O)(=O)C[C@H]1Cl. The number of thiocarbonyl (C=S) groups is 1. The van der Waals surface area contributed by atoms with E-state index >= 15 is 0 Å². The van der Waals surface area contributed by atoms with Crippen molar-refractivity contribution in [1.82, 2.24) is 5.32 Å². The second kappa shape index (κ2) is 6.02. The normalized spacial score (nSPS) is 27.6. The van der Waals surface area contributed by atoms with E-state index < -0.39 is 15.2 Å². The summed E-state index contributed by atoms with van der Waals surface area (Å²) in [6, 6.07) is -0.333. The first-order valence-electron chi connectivity index (χ1n) is 5.22. The molecule has 0 aromatic carbocycles. The summed E-state index contributed by atoms with van der Waals surface area (Å²) in [6.45, 7) is 2.60. The minimum Gasteiger partial charge on any atom is -0.471 e. The van der Waals surface area contributed by atoms with Crippen LogP contribution in [-0.4, -0.2) is 43.1 Å². The number of hydrogen-bond donors (Lipinski definition) is 1. The van der Waals surface area contributed by atoms with Gasteiger partial charge >= 0.3 is 0 Å². The second-order valence-corrected chi connectivity index (χ2v) is 6.92. The second-order valence-electron chi connectivity index (χ2n) is 3.83. The van der Waals surface area contributed by atoms with Gasteiger partial charge in [-0.3, -0.25) is 0 Å². The highest BCUT2D eigenvalue weighted by atomic mass is 35.5. The van der Waals surface area contributed by atoms with Gasteiger partial charge in [-0.25, -0.2) is 8.42 Å². The molecule has 1 N–H and O–H groups in total. The molecule has 1 saturated heterocycles. The maximum atomic E-state index is 11.3. The number of sulfone groups is 1. The monoisotopic (exact) mass is 285 g/mol. The number of unbranched alkanes of at least 4 members (excludes halogenated alkanes) is 1. The minimum atomic E-state index is -3.03. The molecule has 0 unspecified atom stereocenters. The first-order valence-corrected chi connectivity index (χ1v) is 7.89. The zero-order chi connectivity index (χ0) is 12.2. The van der Waals surface area contributed by atoms with Gasteiger partial charge in [-0.05, 0) is 18.6 Å². The molecule has 0 saturated carbocycles. The smallest absolute Gasteiger partial charge is 0.256 e. The van der Waals surface area contributed by atoms with Gasteiger partial charge < -0.3 is 10.1 Å². The Hall–Kier alpha value is -0.0700. The molecule has 1 aliphatic heterocycles. The number of rotatable bonds is 4. The van der Waals surface area contributed by atoms with Gasteiger partial charge in [0.05, 0.1) is 29.5 Å². The lowest BCUT2D eigenvalue weighted by Gasteiger charge is -2.16. The molecule has 1 rings (SSSR count). The summed E-state index contributed by atoms with van der Waals surface area (Å²) in [4.78, 5) is 0. The van der Waals surface area contributed by atoms with Crippen molar-refractivity contribution >= 4 is 38.8 Å². The third-order valence-electron chi connectivity index (χ3n) is 2.32. The molecule has 16 heavy (non-hydrogen) atoms. The van der Waals surface area contributed by atoms with Gasteiger partial charge in [0.15, 0.2) is 9.84 Å².